The van der Waals surface area contributed by atoms with Crippen LogP contribution in [-0.2, 0) is 27.3 Å². The van der Waals surface area contributed by atoms with E-state index in [1.807, 2.05) is 72.8 Å². The zero-order valence-corrected chi connectivity index (χ0v) is 17.8. The Balaban J connectivity index is 1.57. The molecule has 4 nitrogen and oxygen atoms in total. The Morgan fingerprint density at radius 2 is 1.45 bits per heavy atom. The van der Waals surface area contributed by atoms with E-state index in [0.717, 1.165) is 29.7 Å². The first kappa shape index (κ1) is 22.2. The molecule has 0 saturated heterocycles. The van der Waals surface area contributed by atoms with Gasteiger partial charge in [-0.05, 0) is 54.7 Å². The lowest BCUT2D eigenvalue weighted by Gasteiger charge is -2.10. The van der Waals surface area contributed by atoms with Crippen molar-refractivity contribution in [3.63, 3.8) is 0 Å². The highest BCUT2D eigenvalue weighted by molar-refractivity contribution is 5.91. The second-order valence-corrected chi connectivity index (χ2v) is 7.01. The zero-order chi connectivity index (χ0) is 21.7. The van der Waals surface area contributed by atoms with Crippen LogP contribution >= 0.6 is 0 Å². The molecule has 0 atom stereocenters. The average molecular weight is 417 g/mol. The molecule has 0 aliphatic rings. The molecule has 0 aliphatic heterocycles. The summed E-state index contributed by atoms with van der Waals surface area (Å²) in [4.78, 5) is 12.3. The highest BCUT2D eigenvalue weighted by atomic mass is 16.6. The molecule has 0 radical (unpaired) electrons. The smallest absolute Gasteiger partial charge is 0.373 e. The van der Waals surface area contributed by atoms with Crippen LogP contribution in [0.4, 0.5) is 0 Å². The number of benzene rings is 3. The Kier molecular flexibility index (Phi) is 8.74. The monoisotopic (exact) mass is 416 g/mol. The molecule has 3 aromatic rings. The van der Waals surface area contributed by atoms with E-state index in [4.69, 9.17) is 14.2 Å². The van der Waals surface area contributed by atoms with Crippen molar-refractivity contribution >= 4 is 12.0 Å². The minimum Gasteiger partial charge on any atom is -0.489 e. The fourth-order valence-corrected chi connectivity index (χ4v) is 3.02. The maximum absolute atomic E-state index is 12.3. The fraction of sp³-hybridized carbons (Fsp3) is 0.222. The standard InChI is InChI=1S/C27H28O4/c1-2-29-27(28)26(30-19-9-14-22-10-5-3-6-11-22)20-23-15-17-25(18-16-23)31-21-24-12-7-4-8-13-24/h3-8,10-13,15-18,20H,2,9,14,19,21H2,1H3. The lowest BCUT2D eigenvalue weighted by Crippen LogP contribution is -2.11. The van der Waals surface area contributed by atoms with Gasteiger partial charge >= 0.3 is 5.97 Å². The molecule has 160 valence electrons. The number of aryl methyl sites for hydroxylation is 1. The number of carbonyl (C=O) groups excluding carboxylic acids is 1. The van der Waals surface area contributed by atoms with Gasteiger partial charge in [-0.1, -0.05) is 72.8 Å². The number of hydrogen-bond donors (Lipinski definition) is 0. The Bertz CT molecular complexity index is 948. The van der Waals surface area contributed by atoms with Crippen LogP contribution in [0.5, 0.6) is 5.75 Å². The lowest BCUT2D eigenvalue weighted by atomic mass is 10.1. The third-order valence-electron chi connectivity index (χ3n) is 4.61. The normalized spacial score (nSPS) is 11.1. The van der Waals surface area contributed by atoms with Crippen molar-refractivity contribution in [2.45, 2.75) is 26.4 Å². The van der Waals surface area contributed by atoms with E-state index in [9.17, 15) is 4.79 Å². The quantitative estimate of drug-likeness (QED) is 0.171. The van der Waals surface area contributed by atoms with Gasteiger partial charge < -0.3 is 14.2 Å². The molecule has 3 rings (SSSR count). The van der Waals surface area contributed by atoms with E-state index in [-0.39, 0.29) is 5.76 Å². The maximum Gasteiger partial charge on any atom is 0.373 e. The molecule has 0 aliphatic carbocycles. The molecule has 0 bridgehead atoms. The summed E-state index contributed by atoms with van der Waals surface area (Å²) in [5, 5.41) is 0. The van der Waals surface area contributed by atoms with E-state index in [0.29, 0.717) is 19.8 Å². The third kappa shape index (κ3) is 7.67. The minimum absolute atomic E-state index is 0.216. The summed E-state index contributed by atoms with van der Waals surface area (Å²) >= 11 is 0. The number of ether oxygens (including phenoxy) is 3. The van der Waals surface area contributed by atoms with Crippen molar-refractivity contribution < 1.29 is 19.0 Å². The van der Waals surface area contributed by atoms with E-state index in [1.165, 1.54) is 5.56 Å². The van der Waals surface area contributed by atoms with Gasteiger partial charge in [-0.15, -0.1) is 0 Å². The molecule has 0 saturated carbocycles. The molecular weight excluding hydrogens is 388 g/mol. The topological polar surface area (TPSA) is 44.8 Å². The van der Waals surface area contributed by atoms with Gasteiger partial charge in [-0.2, -0.15) is 0 Å². The average Bonchev–Trinajstić information content (AvgIpc) is 2.82. The summed E-state index contributed by atoms with van der Waals surface area (Å²) in [6.07, 6.45) is 3.42. The summed E-state index contributed by atoms with van der Waals surface area (Å²) in [5.74, 6) is 0.530. The number of rotatable bonds is 11. The van der Waals surface area contributed by atoms with Gasteiger partial charge in [0.25, 0.3) is 0 Å². The number of hydrogen-bond acceptors (Lipinski definition) is 4. The van der Waals surface area contributed by atoms with Gasteiger partial charge in [-0.25, -0.2) is 4.79 Å². The molecule has 3 aromatic carbocycles. The van der Waals surface area contributed by atoms with Crippen LogP contribution in [0.25, 0.3) is 6.08 Å². The van der Waals surface area contributed by atoms with Crippen LogP contribution < -0.4 is 4.74 Å². The Labute approximate surface area is 184 Å². The molecule has 0 unspecified atom stereocenters. The molecule has 0 fully saturated rings. The minimum atomic E-state index is -0.452. The summed E-state index contributed by atoms with van der Waals surface area (Å²) in [7, 11) is 0. The molecule has 4 heteroatoms. The molecular formula is C27H28O4. The van der Waals surface area contributed by atoms with Crippen molar-refractivity contribution in [1.82, 2.24) is 0 Å². The second kappa shape index (κ2) is 12.2. The van der Waals surface area contributed by atoms with Crippen LogP contribution in [-0.4, -0.2) is 19.2 Å². The molecule has 0 N–H and O–H groups in total. The summed E-state index contributed by atoms with van der Waals surface area (Å²) in [6, 6.07) is 27.8. The van der Waals surface area contributed by atoms with Gasteiger partial charge in [0.1, 0.15) is 12.4 Å². The van der Waals surface area contributed by atoms with Gasteiger partial charge in [0.2, 0.25) is 5.76 Å². The lowest BCUT2D eigenvalue weighted by molar-refractivity contribution is -0.142. The Hall–Kier alpha value is -3.53. The SMILES string of the molecule is CCOC(=O)C(=Cc1ccc(OCc2ccccc2)cc1)OCCCc1ccccc1. The first-order valence-electron chi connectivity index (χ1n) is 10.6. The third-order valence-corrected chi connectivity index (χ3v) is 4.61. The molecule has 0 aromatic heterocycles. The van der Waals surface area contributed by atoms with Crippen molar-refractivity contribution in [3.8, 4) is 5.75 Å². The van der Waals surface area contributed by atoms with E-state index < -0.39 is 5.97 Å². The predicted molar refractivity (Wildman–Crippen MR) is 123 cm³/mol. The highest BCUT2D eigenvalue weighted by Gasteiger charge is 2.12. The van der Waals surface area contributed by atoms with E-state index >= 15 is 0 Å². The van der Waals surface area contributed by atoms with Crippen LogP contribution in [0.2, 0.25) is 0 Å². The molecule has 31 heavy (non-hydrogen) atoms. The van der Waals surface area contributed by atoms with Crippen molar-refractivity contribution in [2.75, 3.05) is 13.2 Å². The van der Waals surface area contributed by atoms with E-state index in [1.54, 1.807) is 13.0 Å². The summed E-state index contributed by atoms with van der Waals surface area (Å²) < 4.78 is 16.7. The highest BCUT2D eigenvalue weighted by Crippen LogP contribution is 2.17. The summed E-state index contributed by atoms with van der Waals surface area (Å²) in [6.45, 7) is 3.03. The van der Waals surface area contributed by atoms with Gasteiger partial charge in [0, 0.05) is 0 Å². The fourth-order valence-electron chi connectivity index (χ4n) is 3.02. The van der Waals surface area contributed by atoms with Crippen molar-refractivity contribution in [3.05, 3.63) is 107 Å². The second-order valence-electron chi connectivity index (χ2n) is 7.01. The van der Waals surface area contributed by atoms with Crippen molar-refractivity contribution in [2.24, 2.45) is 0 Å². The van der Waals surface area contributed by atoms with Crippen molar-refractivity contribution in [1.29, 1.82) is 0 Å². The maximum atomic E-state index is 12.3. The van der Waals surface area contributed by atoms with Crippen LogP contribution in [0.15, 0.2) is 90.7 Å². The van der Waals surface area contributed by atoms with Gasteiger partial charge in [0.05, 0.1) is 13.2 Å². The van der Waals surface area contributed by atoms with Crippen LogP contribution in [0.3, 0.4) is 0 Å². The Morgan fingerprint density at radius 1 is 0.806 bits per heavy atom. The van der Waals surface area contributed by atoms with E-state index in [2.05, 4.69) is 12.1 Å². The first-order chi connectivity index (χ1) is 15.2. The largest absolute Gasteiger partial charge is 0.489 e. The van der Waals surface area contributed by atoms with Gasteiger partial charge in [-0.3, -0.25) is 0 Å². The van der Waals surface area contributed by atoms with Crippen LogP contribution in [0.1, 0.15) is 30.0 Å². The molecule has 0 amide bonds. The number of esters is 1. The Morgan fingerprint density at radius 3 is 2.10 bits per heavy atom. The number of carbonyl (C=O) groups is 1. The van der Waals surface area contributed by atoms with Crippen LogP contribution in [0, 0.1) is 0 Å². The predicted octanol–water partition coefficient (Wildman–Crippen LogP) is 5.82. The molecule has 0 heterocycles. The first-order valence-corrected chi connectivity index (χ1v) is 10.6. The molecule has 0 spiro atoms. The zero-order valence-electron chi connectivity index (χ0n) is 17.8. The van der Waals surface area contributed by atoms with Gasteiger partial charge in [0.15, 0.2) is 0 Å². The summed E-state index contributed by atoms with van der Waals surface area (Å²) in [5.41, 5.74) is 3.21.